The summed E-state index contributed by atoms with van der Waals surface area (Å²) in [5.74, 6) is 0.763. The first kappa shape index (κ1) is 14.9. The lowest BCUT2D eigenvalue weighted by Crippen LogP contribution is -2.33. The molecular formula is C15H19BrN4. The zero-order chi connectivity index (χ0) is 14.6. The largest absolute Gasteiger partial charge is 0.364 e. The summed E-state index contributed by atoms with van der Waals surface area (Å²) in [6, 6.07) is 11.9. The summed E-state index contributed by atoms with van der Waals surface area (Å²) in [6.07, 6.45) is 0.876. The average molecular weight is 335 g/mol. The van der Waals surface area contributed by atoms with Crippen LogP contribution in [0.15, 0.2) is 40.9 Å². The summed E-state index contributed by atoms with van der Waals surface area (Å²) in [5.41, 5.74) is 7.40. The molecule has 0 bridgehead atoms. The van der Waals surface area contributed by atoms with Crippen LogP contribution in [0.2, 0.25) is 0 Å². The molecule has 0 aliphatic rings. The van der Waals surface area contributed by atoms with E-state index in [-0.39, 0.29) is 5.54 Å². The van der Waals surface area contributed by atoms with Crippen molar-refractivity contribution in [2.75, 3.05) is 11.9 Å². The van der Waals surface area contributed by atoms with Crippen molar-refractivity contribution in [2.45, 2.75) is 25.8 Å². The number of hydrogen-bond donors (Lipinski definition) is 2. The number of halogens is 1. The maximum Gasteiger partial charge on any atom is 0.149 e. The molecule has 106 valence electrons. The highest BCUT2D eigenvalue weighted by molar-refractivity contribution is 9.10. The van der Waals surface area contributed by atoms with E-state index in [1.54, 1.807) is 0 Å². The van der Waals surface area contributed by atoms with Crippen LogP contribution < -0.4 is 11.1 Å². The molecule has 3 N–H and O–H groups in total. The Hall–Kier alpha value is -1.46. The molecule has 1 aromatic heterocycles. The minimum atomic E-state index is -0.0850. The van der Waals surface area contributed by atoms with Gasteiger partial charge in [0.15, 0.2) is 0 Å². The second-order valence-corrected chi connectivity index (χ2v) is 6.19. The van der Waals surface area contributed by atoms with Crippen LogP contribution in [0.1, 0.15) is 20.3 Å². The van der Waals surface area contributed by atoms with E-state index in [1.165, 1.54) is 0 Å². The van der Waals surface area contributed by atoms with Gasteiger partial charge >= 0.3 is 0 Å². The highest BCUT2D eigenvalue weighted by Gasteiger charge is 2.17. The molecule has 0 aliphatic heterocycles. The molecule has 0 amide bonds. The van der Waals surface area contributed by atoms with Crippen LogP contribution in [0.4, 0.5) is 5.82 Å². The van der Waals surface area contributed by atoms with Gasteiger partial charge in [0.1, 0.15) is 5.82 Å². The van der Waals surface area contributed by atoms with Crippen molar-refractivity contribution >= 4 is 21.7 Å². The van der Waals surface area contributed by atoms with E-state index < -0.39 is 0 Å². The lowest BCUT2D eigenvalue weighted by Gasteiger charge is -2.25. The topological polar surface area (TPSA) is 63.8 Å². The summed E-state index contributed by atoms with van der Waals surface area (Å²) in [5, 5.41) is 11.9. The van der Waals surface area contributed by atoms with E-state index in [1.807, 2.05) is 36.4 Å². The number of nitrogens with two attached hydrogens (primary N) is 1. The van der Waals surface area contributed by atoms with Gasteiger partial charge in [-0.05, 0) is 45.0 Å². The smallest absolute Gasteiger partial charge is 0.149 e. The maximum atomic E-state index is 5.60. The number of benzene rings is 1. The zero-order valence-corrected chi connectivity index (χ0v) is 13.3. The molecule has 0 saturated carbocycles. The van der Waals surface area contributed by atoms with E-state index in [2.05, 4.69) is 45.3 Å². The normalized spacial score (nSPS) is 11.4. The molecule has 0 unspecified atom stereocenters. The van der Waals surface area contributed by atoms with Crippen molar-refractivity contribution < 1.29 is 0 Å². The predicted octanol–water partition coefficient (Wildman–Crippen LogP) is 3.45. The number of rotatable bonds is 5. The van der Waals surface area contributed by atoms with Crippen LogP contribution in [0.5, 0.6) is 0 Å². The SMILES string of the molecule is CC(C)(CCN)Nc1ccc(-c2ccccc2Br)nn1. The maximum absolute atomic E-state index is 5.60. The van der Waals surface area contributed by atoms with Gasteiger partial charge in [-0.1, -0.05) is 34.1 Å². The average Bonchev–Trinajstić information content (AvgIpc) is 2.40. The number of nitrogens with zero attached hydrogens (tertiary/aromatic N) is 2. The number of aromatic nitrogens is 2. The van der Waals surface area contributed by atoms with Gasteiger partial charge in [-0.3, -0.25) is 0 Å². The highest BCUT2D eigenvalue weighted by atomic mass is 79.9. The Morgan fingerprint density at radius 3 is 2.50 bits per heavy atom. The van der Waals surface area contributed by atoms with Gasteiger partial charge in [-0.25, -0.2) is 0 Å². The Morgan fingerprint density at radius 1 is 1.15 bits per heavy atom. The first-order valence-electron chi connectivity index (χ1n) is 6.59. The number of nitrogens with one attached hydrogen (secondary N) is 1. The standard InChI is InChI=1S/C15H19BrN4/c1-15(2,9-10-17)18-14-8-7-13(19-20-14)11-5-3-4-6-12(11)16/h3-8H,9-10,17H2,1-2H3,(H,18,20). The molecule has 5 heteroatoms. The third-order valence-electron chi connectivity index (χ3n) is 3.05. The van der Waals surface area contributed by atoms with Gasteiger partial charge < -0.3 is 11.1 Å². The van der Waals surface area contributed by atoms with Crippen molar-refractivity contribution in [3.8, 4) is 11.3 Å². The van der Waals surface area contributed by atoms with Crippen LogP contribution in [-0.4, -0.2) is 22.3 Å². The van der Waals surface area contributed by atoms with E-state index in [0.717, 1.165) is 28.0 Å². The Bertz CT molecular complexity index is 566. The van der Waals surface area contributed by atoms with Crippen molar-refractivity contribution in [1.82, 2.24) is 10.2 Å². The lowest BCUT2D eigenvalue weighted by molar-refractivity contribution is 0.523. The Morgan fingerprint density at radius 2 is 1.90 bits per heavy atom. The Labute approximate surface area is 127 Å². The van der Waals surface area contributed by atoms with Crippen LogP contribution in [-0.2, 0) is 0 Å². The van der Waals surface area contributed by atoms with Gasteiger partial charge in [0.05, 0.1) is 5.69 Å². The second kappa shape index (κ2) is 6.33. The third kappa shape index (κ3) is 3.77. The second-order valence-electron chi connectivity index (χ2n) is 5.33. The molecule has 0 atom stereocenters. The van der Waals surface area contributed by atoms with Crippen molar-refractivity contribution in [3.05, 3.63) is 40.9 Å². The summed E-state index contributed by atoms with van der Waals surface area (Å²) in [4.78, 5) is 0. The highest BCUT2D eigenvalue weighted by Crippen LogP contribution is 2.26. The first-order chi connectivity index (χ1) is 9.52. The van der Waals surface area contributed by atoms with Crippen LogP contribution in [0, 0.1) is 0 Å². The van der Waals surface area contributed by atoms with E-state index >= 15 is 0 Å². The van der Waals surface area contributed by atoms with Crippen LogP contribution in [0.3, 0.4) is 0 Å². The molecule has 0 radical (unpaired) electrons. The van der Waals surface area contributed by atoms with Crippen molar-refractivity contribution in [2.24, 2.45) is 5.73 Å². The fourth-order valence-electron chi connectivity index (χ4n) is 1.98. The summed E-state index contributed by atoms with van der Waals surface area (Å²) in [7, 11) is 0. The molecule has 2 rings (SSSR count). The molecule has 0 saturated heterocycles. The van der Waals surface area contributed by atoms with Crippen LogP contribution in [0.25, 0.3) is 11.3 Å². The monoisotopic (exact) mass is 334 g/mol. The molecule has 1 heterocycles. The van der Waals surface area contributed by atoms with Gasteiger partial charge in [0.25, 0.3) is 0 Å². The summed E-state index contributed by atoms with van der Waals surface area (Å²) < 4.78 is 1.01. The number of anilines is 1. The van der Waals surface area contributed by atoms with Crippen LogP contribution >= 0.6 is 15.9 Å². The minimum absolute atomic E-state index is 0.0850. The fourth-order valence-corrected chi connectivity index (χ4v) is 2.47. The first-order valence-corrected chi connectivity index (χ1v) is 7.38. The molecule has 20 heavy (non-hydrogen) atoms. The van der Waals surface area contributed by atoms with E-state index in [0.29, 0.717) is 6.54 Å². The summed E-state index contributed by atoms with van der Waals surface area (Å²) in [6.45, 7) is 4.84. The Balaban J connectivity index is 2.17. The van der Waals surface area contributed by atoms with Gasteiger partial charge in [-0.2, -0.15) is 0 Å². The summed E-state index contributed by atoms with van der Waals surface area (Å²) >= 11 is 3.52. The van der Waals surface area contributed by atoms with Crippen molar-refractivity contribution in [3.63, 3.8) is 0 Å². The van der Waals surface area contributed by atoms with Gasteiger partial charge in [-0.15, -0.1) is 10.2 Å². The number of hydrogen-bond acceptors (Lipinski definition) is 4. The quantitative estimate of drug-likeness (QED) is 0.878. The van der Waals surface area contributed by atoms with E-state index in [4.69, 9.17) is 5.73 Å². The molecular weight excluding hydrogens is 316 g/mol. The minimum Gasteiger partial charge on any atom is -0.364 e. The molecule has 2 aromatic rings. The Kier molecular flexibility index (Phi) is 4.73. The van der Waals surface area contributed by atoms with Gasteiger partial charge in [0, 0.05) is 15.6 Å². The predicted molar refractivity (Wildman–Crippen MR) is 86.5 cm³/mol. The zero-order valence-electron chi connectivity index (χ0n) is 11.7. The molecule has 1 aromatic carbocycles. The van der Waals surface area contributed by atoms with E-state index in [9.17, 15) is 0 Å². The molecule has 0 spiro atoms. The molecule has 0 fully saturated rings. The van der Waals surface area contributed by atoms with Crippen molar-refractivity contribution in [1.29, 1.82) is 0 Å². The third-order valence-corrected chi connectivity index (χ3v) is 3.74. The molecule has 0 aliphatic carbocycles. The fraction of sp³-hybridized carbons (Fsp3) is 0.333. The van der Waals surface area contributed by atoms with Gasteiger partial charge in [0.2, 0.25) is 0 Å². The molecule has 4 nitrogen and oxygen atoms in total. The lowest BCUT2D eigenvalue weighted by atomic mass is 10.0.